The molecule has 30 heavy (non-hydrogen) atoms. The molecule has 0 radical (unpaired) electrons. The van der Waals surface area contributed by atoms with Crippen LogP contribution < -0.4 is 16.0 Å². The van der Waals surface area contributed by atoms with Crippen LogP contribution in [0.4, 0.5) is 5.69 Å². The van der Waals surface area contributed by atoms with Gasteiger partial charge in [-0.2, -0.15) is 0 Å². The average Bonchev–Trinajstić information content (AvgIpc) is 2.75. The Morgan fingerprint density at radius 3 is 2.47 bits per heavy atom. The predicted octanol–water partition coefficient (Wildman–Crippen LogP) is 2.10. The van der Waals surface area contributed by atoms with Crippen LogP contribution in [0.25, 0.3) is 0 Å². The molecule has 2 saturated heterocycles. The highest BCUT2D eigenvalue weighted by atomic mass is 127. The van der Waals surface area contributed by atoms with Gasteiger partial charge in [-0.25, -0.2) is 0 Å². The Labute approximate surface area is 203 Å². The first-order chi connectivity index (χ1) is 14.2. The van der Waals surface area contributed by atoms with Crippen LogP contribution in [0.1, 0.15) is 12.8 Å². The molecule has 0 atom stereocenters. The molecule has 3 N–H and O–H groups in total. The fraction of sp³-hybridized carbons (Fsp3) is 0.667. The number of hydrogen-bond donors (Lipinski definition) is 2. The molecule has 0 saturated carbocycles. The minimum atomic E-state index is 0. The quantitative estimate of drug-likeness (QED) is 0.212. The van der Waals surface area contributed by atoms with E-state index in [1.165, 1.54) is 5.69 Å². The van der Waals surface area contributed by atoms with E-state index in [-0.39, 0.29) is 24.0 Å². The molecule has 3 rings (SSSR count). The molecule has 2 fully saturated rings. The predicted molar refractivity (Wildman–Crippen MR) is 137 cm³/mol. The Morgan fingerprint density at radius 2 is 1.73 bits per heavy atom. The highest BCUT2D eigenvalue weighted by Crippen LogP contribution is 2.20. The van der Waals surface area contributed by atoms with Crippen molar-refractivity contribution in [2.24, 2.45) is 10.7 Å². The summed E-state index contributed by atoms with van der Waals surface area (Å²) in [5.41, 5.74) is 7.20. The van der Waals surface area contributed by atoms with Crippen LogP contribution in [0.2, 0.25) is 5.02 Å². The first-order valence-corrected chi connectivity index (χ1v) is 11.2. The SMILES string of the molecule is I.NC(=NCCCN1CCOCC1)NCCCN1CCN(c2cccc(Cl)c2)CC1. The molecule has 1 aromatic carbocycles. The number of nitrogens with zero attached hydrogens (tertiary/aromatic N) is 4. The second kappa shape index (κ2) is 14.3. The smallest absolute Gasteiger partial charge is 0.188 e. The topological polar surface area (TPSA) is 69.4 Å². The van der Waals surface area contributed by atoms with Gasteiger partial charge >= 0.3 is 0 Å². The molecule has 0 amide bonds. The first kappa shape index (κ1) is 25.5. The number of morpholine rings is 1. The summed E-state index contributed by atoms with van der Waals surface area (Å²) in [6.07, 6.45) is 2.11. The summed E-state index contributed by atoms with van der Waals surface area (Å²) in [5.74, 6) is 0.567. The van der Waals surface area contributed by atoms with Crippen molar-refractivity contribution in [3.8, 4) is 0 Å². The Kier molecular flexibility index (Phi) is 12.1. The Morgan fingerprint density at radius 1 is 1.03 bits per heavy atom. The van der Waals surface area contributed by atoms with Gasteiger partial charge in [0, 0.05) is 69.6 Å². The van der Waals surface area contributed by atoms with E-state index in [0.717, 1.165) is 96.5 Å². The third-order valence-electron chi connectivity index (χ3n) is 5.52. The maximum atomic E-state index is 6.11. The highest BCUT2D eigenvalue weighted by molar-refractivity contribution is 14.0. The second-order valence-electron chi connectivity index (χ2n) is 7.66. The zero-order valence-corrected chi connectivity index (χ0v) is 20.9. The number of nitrogens with two attached hydrogens (primary N) is 1. The molecule has 0 unspecified atom stereocenters. The second-order valence-corrected chi connectivity index (χ2v) is 8.10. The molecule has 0 spiro atoms. The van der Waals surface area contributed by atoms with E-state index in [1.807, 2.05) is 18.2 Å². The summed E-state index contributed by atoms with van der Waals surface area (Å²) in [5, 5.41) is 4.05. The number of ether oxygens (including phenoxy) is 1. The zero-order valence-electron chi connectivity index (χ0n) is 17.8. The fourth-order valence-corrected chi connectivity index (χ4v) is 3.98. The normalized spacial score (nSPS) is 18.8. The van der Waals surface area contributed by atoms with Crippen molar-refractivity contribution < 1.29 is 4.74 Å². The lowest BCUT2D eigenvalue weighted by molar-refractivity contribution is 0.0377. The molecule has 2 aliphatic rings. The fourth-order valence-electron chi connectivity index (χ4n) is 3.80. The van der Waals surface area contributed by atoms with Gasteiger partial charge in [0.25, 0.3) is 0 Å². The van der Waals surface area contributed by atoms with Crippen LogP contribution in [-0.2, 0) is 4.74 Å². The Balaban J connectivity index is 0.00000320. The molecular weight excluding hydrogens is 515 g/mol. The van der Waals surface area contributed by atoms with E-state index in [0.29, 0.717) is 5.96 Å². The van der Waals surface area contributed by atoms with Gasteiger partial charge < -0.3 is 20.7 Å². The van der Waals surface area contributed by atoms with Crippen LogP contribution in [0.3, 0.4) is 0 Å². The third kappa shape index (κ3) is 9.13. The summed E-state index contributed by atoms with van der Waals surface area (Å²) in [6, 6.07) is 8.12. The van der Waals surface area contributed by atoms with Crippen molar-refractivity contribution >= 4 is 47.2 Å². The van der Waals surface area contributed by atoms with E-state index in [1.54, 1.807) is 0 Å². The number of piperazine rings is 1. The van der Waals surface area contributed by atoms with Gasteiger partial charge in [0.05, 0.1) is 13.2 Å². The molecule has 2 heterocycles. The molecule has 9 heteroatoms. The van der Waals surface area contributed by atoms with Crippen LogP contribution in [-0.4, -0.2) is 94.4 Å². The summed E-state index contributed by atoms with van der Waals surface area (Å²) in [4.78, 5) is 11.8. The number of anilines is 1. The first-order valence-electron chi connectivity index (χ1n) is 10.8. The molecule has 7 nitrogen and oxygen atoms in total. The molecule has 2 aliphatic heterocycles. The average molecular weight is 551 g/mol. The zero-order chi connectivity index (χ0) is 20.3. The molecule has 0 aromatic heterocycles. The standard InChI is InChI=1S/C21H35ClN6O.HI/c22-19-4-1-5-20(18-19)28-12-10-26(11-13-28)8-2-6-24-21(23)25-7-3-9-27-14-16-29-17-15-27;/h1,4-5,18H,2-3,6-17H2,(H3,23,24,25);1H. The van der Waals surface area contributed by atoms with Crippen LogP contribution in [0, 0.1) is 0 Å². The van der Waals surface area contributed by atoms with Gasteiger partial charge in [-0.3, -0.25) is 14.8 Å². The van der Waals surface area contributed by atoms with Gasteiger partial charge in [0.2, 0.25) is 0 Å². The van der Waals surface area contributed by atoms with Crippen LogP contribution in [0.15, 0.2) is 29.3 Å². The maximum Gasteiger partial charge on any atom is 0.188 e. The number of benzene rings is 1. The van der Waals surface area contributed by atoms with Gasteiger partial charge in [-0.1, -0.05) is 17.7 Å². The van der Waals surface area contributed by atoms with Crippen molar-refractivity contribution in [1.82, 2.24) is 15.1 Å². The van der Waals surface area contributed by atoms with Gasteiger partial charge in [0.15, 0.2) is 5.96 Å². The van der Waals surface area contributed by atoms with Gasteiger partial charge in [-0.15, -0.1) is 24.0 Å². The van der Waals surface area contributed by atoms with E-state index < -0.39 is 0 Å². The monoisotopic (exact) mass is 550 g/mol. The molecule has 0 bridgehead atoms. The minimum absolute atomic E-state index is 0. The number of halogens is 2. The van der Waals surface area contributed by atoms with Crippen molar-refractivity contribution in [2.75, 3.05) is 83.6 Å². The Hall–Kier alpha value is -0.810. The largest absolute Gasteiger partial charge is 0.379 e. The molecular formula is C21H36ClIN6O. The number of hydrogen-bond acceptors (Lipinski definition) is 5. The summed E-state index contributed by atoms with van der Waals surface area (Å²) < 4.78 is 5.36. The van der Waals surface area contributed by atoms with Crippen molar-refractivity contribution in [1.29, 1.82) is 0 Å². The number of rotatable bonds is 9. The summed E-state index contributed by atoms with van der Waals surface area (Å²) in [6.45, 7) is 11.8. The highest BCUT2D eigenvalue weighted by Gasteiger charge is 2.16. The van der Waals surface area contributed by atoms with E-state index in [9.17, 15) is 0 Å². The lowest BCUT2D eigenvalue weighted by Crippen LogP contribution is -2.47. The molecule has 1 aromatic rings. The third-order valence-corrected chi connectivity index (χ3v) is 5.76. The number of nitrogens with one attached hydrogen (secondary N) is 1. The molecule has 170 valence electrons. The van der Waals surface area contributed by atoms with E-state index in [2.05, 4.69) is 31.1 Å². The van der Waals surface area contributed by atoms with Crippen molar-refractivity contribution in [3.63, 3.8) is 0 Å². The molecule has 0 aliphatic carbocycles. The van der Waals surface area contributed by atoms with E-state index >= 15 is 0 Å². The Bertz CT molecular complexity index is 636. The lowest BCUT2D eigenvalue weighted by atomic mass is 10.2. The van der Waals surface area contributed by atoms with Crippen molar-refractivity contribution in [3.05, 3.63) is 29.3 Å². The number of aliphatic imine (C=N–C) groups is 1. The lowest BCUT2D eigenvalue weighted by Gasteiger charge is -2.36. The summed E-state index contributed by atoms with van der Waals surface area (Å²) >= 11 is 6.11. The van der Waals surface area contributed by atoms with E-state index in [4.69, 9.17) is 22.1 Å². The van der Waals surface area contributed by atoms with Gasteiger partial charge in [0.1, 0.15) is 0 Å². The summed E-state index contributed by atoms with van der Waals surface area (Å²) in [7, 11) is 0. The maximum absolute atomic E-state index is 6.11. The van der Waals surface area contributed by atoms with Gasteiger partial charge in [-0.05, 0) is 37.6 Å². The number of guanidine groups is 1. The minimum Gasteiger partial charge on any atom is -0.379 e. The van der Waals surface area contributed by atoms with Crippen LogP contribution >= 0.6 is 35.6 Å². The van der Waals surface area contributed by atoms with Crippen molar-refractivity contribution in [2.45, 2.75) is 12.8 Å². The van der Waals surface area contributed by atoms with Crippen LogP contribution in [0.5, 0.6) is 0 Å².